The zero-order valence-electron chi connectivity index (χ0n) is 15.0. The van der Waals surface area contributed by atoms with E-state index in [0.29, 0.717) is 12.4 Å². The third kappa shape index (κ3) is 4.91. The Kier molecular flexibility index (Phi) is 5.99. The maximum Gasteiger partial charge on any atom is 0.247 e. The van der Waals surface area contributed by atoms with Gasteiger partial charge in [0.2, 0.25) is 11.8 Å². The predicted molar refractivity (Wildman–Crippen MR) is 98.4 cm³/mol. The van der Waals surface area contributed by atoms with Crippen LogP contribution in [0.1, 0.15) is 38.3 Å². The first-order valence-electron chi connectivity index (χ1n) is 9.16. The summed E-state index contributed by atoms with van der Waals surface area (Å²) in [7, 11) is 0. The van der Waals surface area contributed by atoms with Gasteiger partial charge >= 0.3 is 0 Å². The maximum absolute atomic E-state index is 12.3. The maximum atomic E-state index is 12.3. The molecule has 0 aromatic carbocycles. The van der Waals surface area contributed by atoms with Crippen molar-refractivity contribution in [3.8, 4) is 0 Å². The van der Waals surface area contributed by atoms with E-state index in [2.05, 4.69) is 20.7 Å². The van der Waals surface area contributed by atoms with Gasteiger partial charge in [0.15, 0.2) is 5.82 Å². The number of aromatic nitrogens is 3. The molecule has 2 amide bonds. The number of carbonyl (C=O) groups is 2. The molecular formula is C19H25N5O2. The van der Waals surface area contributed by atoms with E-state index in [1.165, 1.54) is 0 Å². The monoisotopic (exact) mass is 355 g/mol. The summed E-state index contributed by atoms with van der Waals surface area (Å²) in [6.45, 7) is 2.38. The lowest BCUT2D eigenvalue weighted by molar-refractivity contribution is -0.128. The molecule has 2 N–H and O–H groups in total. The minimum Gasteiger partial charge on any atom is -0.344 e. The molecular weight excluding hydrogens is 330 g/mol. The van der Waals surface area contributed by atoms with Crippen LogP contribution < -0.4 is 10.6 Å². The fraction of sp³-hybridized carbons (Fsp3) is 0.474. The molecule has 7 heteroatoms. The lowest BCUT2D eigenvalue weighted by Crippen LogP contribution is -2.43. The summed E-state index contributed by atoms with van der Waals surface area (Å²) in [5.74, 6) is 0.256. The number of hydrogen-bond acceptors (Lipinski definition) is 4. The lowest BCUT2D eigenvalue weighted by atomic mass is 10.1. The third-order valence-electron chi connectivity index (χ3n) is 4.69. The van der Waals surface area contributed by atoms with Crippen LogP contribution in [0.25, 0.3) is 0 Å². The zero-order valence-corrected chi connectivity index (χ0v) is 15.0. The number of rotatable bonds is 7. The normalized spacial score (nSPS) is 15.6. The first kappa shape index (κ1) is 18.1. The minimum absolute atomic E-state index is 0.0222. The molecule has 1 aliphatic rings. The van der Waals surface area contributed by atoms with Crippen molar-refractivity contribution in [2.45, 2.75) is 51.6 Å². The Morgan fingerprint density at radius 2 is 2.08 bits per heavy atom. The topological polar surface area (TPSA) is 88.9 Å². The van der Waals surface area contributed by atoms with Crippen molar-refractivity contribution in [3.05, 3.63) is 42.4 Å². The van der Waals surface area contributed by atoms with Crippen LogP contribution in [-0.2, 0) is 22.6 Å². The van der Waals surface area contributed by atoms with Gasteiger partial charge in [-0.1, -0.05) is 18.9 Å². The summed E-state index contributed by atoms with van der Waals surface area (Å²) in [4.78, 5) is 28.7. The third-order valence-corrected chi connectivity index (χ3v) is 4.69. The molecule has 0 spiro atoms. The molecule has 2 aromatic rings. The number of anilines is 1. The van der Waals surface area contributed by atoms with Gasteiger partial charge in [0.1, 0.15) is 6.04 Å². The Morgan fingerprint density at radius 1 is 1.27 bits per heavy atom. The molecule has 138 valence electrons. The van der Waals surface area contributed by atoms with Crippen LogP contribution in [0.15, 0.2) is 36.7 Å². The van der Waals surface area contributed by atoms with Crippen molar-refractivity contribution in [1.29, 1.82) is 0 Å². The molecule has 0 bridgehead atoms. The molecule has 2 aromatic heterocycles. The molecule has 3 rings (SSSR count). The Labute approximate surface area is 153 Å². The fourth-order valence-electron chi connectivity index (χ4n) is 3.15. The Morgan fingerprint density at radius 3 is 2.81 bits per heavy atom. The highest BCUT2D eigenvalue weighted by molar-refractivity contribution is 5.96. The lowest BCUT2D eigenvalue weighted by Gasteiger charge is -2.16. The van der Waals surface area contributed by atoms with Crippen LogP contribution >= 0.6 is 0 Å². The summed E-state index contributed by atoms with van der Waals surface area (Å²) in [5.41, 5.74) is 0.997. The van der Waals surface area contributed by atoms with Gasteiger partial charge in [-0.15, -0.1) is 0 Å². The number of pyridine rings is 1. The van der Waals surface area contributed by atoms with Gasteiger partial charge in [0, 0.05) is 43.0 Å². The highest BCUT2D eigenvalue weighted by Gasteiger charge is 2.25. The first-order chi connectivity index (χ1) is 12.6. The highest BCUT2D eigenvalue weighted by Crippen LogP contribution is 2.24. The first-order valence-corrected chi connectivity index (χ1v) is 9.16. The van der Waals surface area contributed by atoms with Crippen molar-refractivity contribution in [2.75, 3.05) is 5.32 Å². The van der Waals surface area contributed by atoms with Crippen LogP contribution in [0, 0.1) is 5.92 Å². The van der Waals surface area contributed by atoms with E-state index in [4.69, 9.17) is 0 Å². The second-order valence-electron chi connectivity index (χ2n) is 6.74. The zero-order chi connectivity index (χ0) is 18.4. The summed E-state index contributed by atoms with van der Waals surface area (Å²) < 4.78 is 1.77. The molecule has 1 aliphatic carbocycles. The Bertz CT molecular complexity index is 737. The van der Waals surface area contributed by atoms with E-state index in [0.717, 1.165) is 37.8 Å². The molecule has 0 aliphatic heterocycles. The molecule has 0 saturated heterocycles. The number of hydrogen-bond donors (Lipinski definition) is 2. The van der Waals surface area contributed by atoms with Gasteiger partial charge in [-0.05, 0) is 31.9 Å². The van der Waals surface area contributed by atoms with E-state index in [9.17, 15) is 9.59 Å². The van der Waals surface area contributed by atoms with Crippen LogP contribution in [0.4, 0.5) is 5.82 Å². The van der Waals surface area contributed by atoms with Gasteiger partial charge in [-0.3, -0.25) is 19.3 Å². The summed E-state index contributed by atoms with van der Waals surface area (Å²) >= 11 is 0. The second kappa shape index (κ2) is 8.60. The van der Waals surface area contributed by atoms with Crippen molar-refractivity contribution < 1.29 is 9.59 Å². The number of amides is 2. The largest absolute Gasteiger partial charge is 0.344 e. The molecule has 2 heterocycles. The fourth-order valence-corrected chi connectivity index (χ4v) is 3.15. The molecule has 1 unspecified atom stereocenters. The molecule has 1 fully saturated rings. The number of aryl methyl sites for hydroxylation is 2. The molecule has 7 nitrogen and oxygen atoms in total. The van der Waals surface area contributed by atoms with Crippen LogP contribution in [0.5, 0.6) is 0 Å². The van der Waals surface area contributed by atoms with Crippen LogP contribution in [0.3, 0.4) is 0 Å². The smallest absolute Gasteiger partial charge is 0.247 e. The summed E-state index contributed by atoms with van der Waals surface area (Å²) in [6.07, 6.45) is 8.38. The standard InChI is InChI=1S/C19H25N5O2/c1-14(21-19(26)15-6-2-3-7-15)18(25)22-17-10-13-24(23-17)12-9-16-8-4-5-11-20-16/h4-5,8,10-11,13-15H,2-3,6-7,9,12H2,1H3,(H,21,26)(H,22,23,25). The highest BCUT2D eigenvalue weighted by atomic mass is 16.2. The van der Waals surface area contributed by atoms with E-state index in [1.807, 2.05) is 24.4 Å². The van der Waals surface area contributed by atoms with E-state index < -0.39 is 6.04 Å². The van der Waals surface area contributed by atoms with Gasteiger partial charge in [0.25, 0.3) is 0 Å². The van der Waals surface area contributed by atoms with E-state index in [1.54, 1.807) is 23.9 Å². The molecule has 0 radical (unpaired) electrons. The Hall–Kier alpha value is -2.70. The van der Waals surface area contributed by atoms with Crippen LogP contribution in [0.2, 0.25) is 0 Å². The van der Waals surface area contributed by atoms with E-state index in [-0.39, 0.29) is 17.7 Å². The van der Waals surface area contributed by atoms with E-state index >= 15 is 0 Å². The van der Waals surface area contributed by atoms with Gasteiger partial charge in [0.05, 0.1) is 0 Å². The molecule has 1 saturated carbocycles. The summed E-state index contributed by atoms with van der Waals surface area (Å²) in [6, 6.07) is 6.99. The quantitative estimate of drug-likeness (QED) is 0.796. The second-order valence-corrected chi connectivity index (χ2v) is 6.74. The van der Waals surface area contributed by atoms with Crippen molar-refractivity contribution in [3.63, 3.8) is 0 Å². The molecule has 1 atom stereocenters. The molecule has 26 heavy (non-hydrogen) atoms. The number of nitrogens with zero attached hydrogens (tertiary/aromatic N) is 3. The van der Waals surface area contributed by atoms with Gasteiger partial charge in [-0.25, -0.2) is 0 Å². The van der Waals surface area contributed by atoms with Crippen molar-refractivity contribution in [1.82, 2.24) is 20.1 Å². The van der Waals surface area contributed by atoms with Gasteiger partial charge in [-0.2, -0.15) is 5.10 Å². The average molecular weight is 355 g/mol. The number of nitrogens with one attached hydrogen (secondary N) is 2. The number of carbonyl (C=O) groups excluding carboxylic acids is 2. The van der Waals surface area contributed by atoms with Crippen LogP contribution in [-0.4, -0.2) is 32.6 Å². The van der Waals surface area contributed by atoms with Crippen molar-refractivity contribution >= 4 is 17.6 Å². The minimum atomic E-state index is -0.582. The van der Waals surface area contributed by atoms with Gasteiger partial charge < -0.3 is 10.6 Å². The predicted octanol–water partition coefficient (Wildman–Crippen LogP) is 2.15. The SMILES string of the molecule is CC(NC(=O)C1CCCC1)C(=O)Nc1ccn(CCc2ccccn2)n1. The Balaban J connectivity index is 1.46. The average Bonchev–Trinajstić information content (AvgIpc) is 3.33. The van der Waals surface area contributed by atoms with Crippen molar-refractivity contribution in [2.24, 2.45) is 5.92 Å². The summed E-state index contributed by atoms with van der Waals surface area (Å²) in [5, 5.41) is 9.90.